The minimum atomic E-state index is -0.0598. The second-order valence-corrected chi connectivity index (χ2v) is 13.9. The van der Waals surface area contributed by atoms with Crippen LogP contribution in [0.2, 0.25) is 0 Å². The average Bonchev–Trinajstić information content (AvgIpc) is 3.70. The normalized spacial score (nSPS) is 25.9. The molecule has 6 rings (SSSR count). The minimum Gasteiger partial charge on any atom is -0.377 e. The summed E-state index contributed by atoms with van der Waals surface area (Å²) in [4.78, 5) is 19.1. The highest BCUT2D eigenvalue weighted by Crippen LogP contribution is 2.59. The SMILES string of the molecule is CNCCOC1CC2(C)CC(C)CC(CCc3[nH]ncc3-c3ccc(C(=O)NCc4ccn5ccnc5c4)s3)(C1)C2. The van der Waals surface area contributed by atoms with Crippen molar-refractivity contribution in [3.8, 4) is 10.4 Å². The first kappa shape index (κ1) is 28.1. The highest BCUT2D eigenvalue weighted by atomic mass is 32.1. The molecule has 9 heteroatoms. The number of carbonyl (C=O) groups is 1. The summed E-state index contributed by atoms with van der Waals surface area (Å²) in [5.74, 6) is 0.684. The highest BCUT2D eigenvalue weighted by Gasteiger charge is 2.50. The minimum absolute atomic E-state index is 0.0598. The molecule has 218 valence electrons. The third-order valence-corrected chi connectivity index (χ3v) is 10.3. The number of rotatable bonds is 11. The van der Waals surface area contributed by atoms with Crippen molar-refractivity contribution in [2.45, 2.75) is 71.4 Å². The molecular formula is C32H42N6O2S. The fraction of sp³-hybridized carbons (Fsp3) is 0.531. The molecule has 0 spiro atoms. The third kappa shape index (κ3) is 6.27. The van der Waals surface area contributed by atoms with E-state index in [1.165, 1.54) is 42.7 Å². The number of H-pyrrole nitrogens is 1. The van der Waals surface area contributed by atoms with Crippen LogP contribution in [-0.2, 0) is 17.7 Å². The maximum Gasteiger partial charge on any atom is 0.261 e. The van der Waals surface area contributed by atoms with Crippen LogP contribution in [0.15, 0.2) is 49.1 Å². The number of likely N-dealkylation sites (N-methyl/N-ethyl adjacent to an activating group) is 1. The number of aromatic nitrogens is 4. The summed E-state index contributed by atoms with van der Waals surface area (Å²) < 4.78 is 8.34. The van der Waals surface area contributed by atoms with Crippen LogP contribution in [0.3, 0.4) is 0 Å². The van der Waals surface area contributed by atoms with Crippen molar-refractivity contribution in [1.82, 2.24) is 30.2 Å². The number of nitrogens with one attached hydrogen (secondary N) is 3. The van der Waals surface area contributed by atoms with Crippen molar-refractivity contribution in [2.75, 3.05) is 20.2 Å². The summed E-state index contributed by atoms with van der Waals surface area (Å²) in [5.41, 5.74) is 4.84. The van der Waals surface area contributed by atoms with Crippen LogP contribution in [0.5, 0.6) is 0 Å². The van der Waals surface area contributed by atoms with Crippen LogP contribution in [0, 0.1) is 16.7 Å². The number of imidazole rings is 1. The van der Waals surface area contributed by atoms with E-state index < -0.39 is 0 Å². The third-order valence-electron chi connectivity index (χ3n) is 9.15. The van der Waals surface area contributed by atoms with Gasteiger partial charge in [-0.3, -0.25) is 9.89 Å². The predicted octanol–water partition coefficient (Wildman–Crippen LogP) is 5.86. The molecule has 4 unspecified atom stereocenters. The quantitative estimate of drug-likeness (QED) is 0.195. The summed E-state index contributed by atoms with van der Waals surface area (Å²) in [5, 5.41) is 14.0. The molecule has 0 aliphatic heterocycles. The standard InChI is InChI=1S/C32H42N6O2S/c1-22-15-31(2)17-24(40-13-10-33-3)18-32(16-22,21-31)8-6-26-25(20-36-37-26)27-4-5-28(41-27)30(39)35-19-23-7-11-38-12-9-34-29(38)14-23/h4-5,7,9,11-12,14,20,22,24,33H,6,8,10,13,15-19,21H2,1-3H3,(H,35,39)(H,36,37). The first-order valence-corrected chi connectivity index (χ1v) is 15.7. The molecule has 0 saturated heterocycles. The van der Waals surface area contributed by atoms with Crippen molar-refractivity contribution >= 4 is 22.9 Å². The van der Waals surface area contributed by atoms with Gasteiger partial charge >= 0.3 is 0 Å². The van der Waals surface area contributed by atoms with Crippen LogP contribution < -0.4 is 10.6 Å². The van der Waals surface area contributed by atoms with Crippen LogP contribution in [0.4, 0.5) is 0 Å². The molecule has 0 radical (unpaired) electrons. The molecule has 2 bridgehead atoms. The molecule has 4 aromatic heterocycles. The van der Waals surface area contributed by atoms with Crippen molar-refractivity contribution in [3.05, 3.63) is 65.2 Å². The molecule has 2 aliphatic carbocycles. The highest BCUT2D eigenvalue weighted by molar-refractivity contribution is 7.17. The summed E-state index contributed by atoms with van der Waals surface area (Å²) >= 11 is 1.53. The van der Waals surface area contributed by atoms with E-state index in [-0.39, 0.29) is 5.91 Å². The van der Waals surface area contributed by atoms with Crippen molar-refractivity contribution in [1.29, 1.82) is 0 Å². The Balaban J connectivity index is 1.11. The predicted molar refractivity (Wildman–Crippen MR) is 163 cm³/mol. The summed E-state index contributed by atoms with van der Waals surface area (Å²) in [6.07, 6.45) is 16.2. The number of hydrogen-bond acceptors (Lipinski definition) is 6. The zero-order chi connectivity index (χ0) is 28.5. The average molecular weight is 575 g/mol. The van der Waals surface area contributed by atoms with Gasteiger partial charge in [0.15, 0.2) is 0 Å². The number of thiophene rings is 1. The van der Waals surface area contributed by atoms with Crippen molar-refractivity contribution in [3.63, 3.8) is 0 Å². The smallest absolute Gasteiger partial charge is 0.261 e. The van der Waals surface area contributed by atoms with E-state index in [0.717, 1.165) is 60.0 Å². The molecule has 4 atom stereocenters. The Morgan fingerprint density at radius 3 is 3.00 bits per heavy atom. The molecule has 3 N–H and O–H groups in total. The van der Waals surface area contributed by atoms with E-state index in [1.807, 2.05) is 48.2 Å². The molecule has 2 saturated carbocycles. The maximum atomic E-state index is 13.0. The van der Waals surface area contributed by atoms with Crippen LogP contribution in [0.25, 0.3) is 16.1 Å². The number of nitrogens with zero attached hydrogens (tertiary/aromatic N) is 3. The Kier molecular flexibility index (Phi) is 8.03. The molecule has 4 heterocycles. The molecule has 8 nitrogen and oxygen atoms in total. The summed E-state index contributed by atoms with van der Waals surface area (Å²) in [6.45, 7) is 7.06. The lowest BCUT2D eigenvalue weighted by molar-refractivity contribution is -0.105. The van der Waals surface area contributed by atoms with Gasteiger partial charge in [0.25, 0.3) is 5.91 Å². The number of aryl methyl sites for hydroxylation is 1. The lowest BCUT2D eigenvalue weighted by Crippen LogP contribution is -2.48. The van der Waals surface area contributed by atoms with E-state index >= 15 is 0 Å². The number of aromatic amines is 1. The number of ether oxygens (including phenoxy) is 1. The fourth-order valence-electron chi connectivity index (χ4n) is 7.90. The molecule has 0 aromatic carbocycles. The van der Waals surface area contributed by atoms with E-state index in [0.29, 0.717) is 28.4 Å². The number of fused-ring (bicyclic) bond motifs is 3. The van der Waals surface area contributed by atoms with Crippen molar-refractivity contribution in [2.24, 2.45) is 16.7 Å². The lowest BCUT2D eigenvalue weighted by Gasteiger charge is -2.55. The van der Waals surface area contributed by atoms with Gasteiger partial charge in [-0.1, -0.05) is 13.8 Å². The topological polar surface area (TPSA) is 96.3 Å². The van der Waals surface area contributed by atoms with Gasteiger partial charge in [0, 0.05) is 47.8 Å². The van der Waals surface area contributed by atoms with Gasteiger partial charge in [-0.2, -0.15) is 5.10 Å². The number of amides is 1. The van der Waals surface area contributed by atoms with E-state index in [1.54, 1.807) is 6.20 Å². The van der Waals surface area contributed by atoms with Crippen molar-refractivity contribution < 1.29 is 9.53 Å². The van der Waals surface area contributed by atoms with E-state index in [4.69, 9.17) is 4.74 Å². The Labute approximate surface area is 246 Å². The largest absolute Gasteiger partial charge is 0.377 e. The molecule has 4 aromatic rings. The zero-order valence-corrected chi connectivity index (χ0v) is 25.2. The van der Waals surface area contributed by atoms with Gasteiger partial charge in [-0.25, -0.2) is 4.98 Å². The Hall–Kier alpha value is -3.01. The Bertz CT molecular complexity index is 1490. The molecule has 41 heavy (non-hydrogen) atoms. The van der Waals surface area contributed by atoms with Crippen LogP contribution in [0.1, 0.15) is 73.3 Å². The molecule has 1 amide bonds. The maximum absolute atomic E-state index is 13.0. The molecule has 2 fully saturated rings. The zero-order valence-electron chi connectivity index (χ0n) is 24.4. The Morgan fingerprint density at radius 2 is 2.12 bits per heavy atom. The van der Waals surface area contributed by atoms with Gasteiger partial charge in [0.2, 0.25) is 0 Å². The van der Waals surface area contributed by atoms with Gasteiger partial charge in [-0.05, 0) is 98.6 Å². The lowest BCUT2D eigenvalue weighted by atomic mass is 9.51. The Morgan fingerprint density at radius 1 is 1.22 bits per heavy atom. The fourth-order valence-corrected chi connectivity index (χ4v) is 8.86. The monoisotopic (exact) mass is 574 g/mol. The summed E-state index contributed by atoms with van der Waals surface area (Å²) in [7, 11) is 1.98. The second kappa shape index (κ2) is 11.7. The molecular weight excluding hydrogens is 532 g/mol. The summed E-state index contributed by atoms with van der Waals surface area (Å²) in [6, 6.07) is 7.97. The molecule has 2 aliphatic rings. The van der Waals surface area contributed by atoms with Gasteiger partial charge in [0.1, 0.15) is 5.65 Å². The van der Waals surface area contributed by atoms with E-state index in [2.05, 4.69) is 45.7 Å². The van der Waals surface area contributed by atoms with Gasteiger partial charge < -0.3 is 19.8 Å². The van der Waals surface area contributed by atoms with E-state index in [9.17, 15) is 4.79 Å². The number of carbonyl (C=O) groups excluding carboxylic acids is 1. The number of pyridine rings is 1. The second-order valence-electron chi connectivity index (χ2n) is 12.8. The van der Waals surface area contributed by atoms with Crippen LogP contribution in [-0.4, -0.2) is 51.8 Å². The van der Waals surface area contributed by atoms with Gasteiger partial charge in [-0.15, -0.1) is 11.3 Å². The van der Waals surface area contributed by atoms with Crippen LogP contribution >= 0.6 is 11.3 Å². The first-order chi connectivity index (χ1) is 19.8. The first-order valence-electron chi connectivity index (χ1n) is 14.9. The number of hydrogen-bond donors (Lipinski definition) is 3. The van der Waals surface area contributed by atoms with Gasteiger partial charge in [0.05, 0.1) is 23.8 Å².